The van der Waals surface area contributed by atoms with Gasteiger partial charge in [0.15, 0.2) is 5.11 Å². The van der Waals surface area contributed by atoms with Crippen molar-refractivity contribution in [2.24, 2.45) is 0 Å². The predicted octanol–water partition coefficient (Wildman–Crippen LogP) is 4.61. The van der Waals surface area contributed by atoms with Crippen molar-refractivity contribution in [1.29, 1.82) is 0 Å². The van der Waals surface area contributed by atoms with E-state index >= 15 is 0 Å². The van der Waals surface area contributed by atoms with Crippen LogP contribution in [-0.2, 0) is 6.54 Å². The van der Waals surface area contributed by atoms with Crippen molar-refractivity contribution in [1.82, 2.24) is 9.80 Å². The summed E-state index contributed by atoms with van der Waals surface area (Å²) in [5.74, 6) is -0.243. The summed E-state index contributed by atoms with van der Waals surface area (Å²) in [5.41, 5.74) is 4.07. The summed E-state index contributed by atoms with van der Waals surface area (Å²) in [5, 5.41) is 4.59. The third kappa shape index (κ3) is 4.34. The van der Waals surface area contributed by atoms with E-state index in [9.17, 15) is 4.39 Å². The molecule has 0 radical (unpaired) electrons. The molecule has 3 rings (SSSR count). The summed E-state index contributed by atoms with van der Waals surface area (Å²) >= 11 is 11.7. The molecule has 2 aromatic carbocycles. The molecule has 0 saturated carbocycles. The summed E-state index contributed by atoms with van der Waals surface area (Å²) in [7, 11) is 0. The Balaban J connectivity index is 1.56. The summed E-state index contributed by atoms with van der Waals surface area (Å²) in [6, 6.07) is 11.0. The predicted molar refractivity (Wildman–Crippen MR) is 110 cm³/mol. The number of halogens is 2. The third-order valence-electron chi connectivity index (χ3n) is 4.95. The zero-order valence-corrected chi connectivity index (χ0v) is 16.6. The Kier molecular flexibility index (Phi) is 6.12. The molecule has 3 nitrogen and oxygen atoms in total. The molecule has 0 atom stereocenters. The zero-order valence-electron chi connectivity index (χ0n) is 15.1. The second-order valence-corrected chi connectivity index (χ2v) is 7.43. The number of thiocarbonyl (C=S) groups is 1. The Morgan fingerprint density at radius 1 is 1.12 bits per heavy atom. The number of benzene rings is 2. The Labute approximate surface area is 164 Å². The fourth-order valence-corrected chi connectivity index (χ4v) is 3.61. The Morgan fingerprint density at radius 2 is 1.81 bits per heavy atom. The van der Waals surface area contributed by atoms with Gasteiger partial charge in [0, 0.05) is 49.0 Å². The summed E-state index contributed by atoms with van der Waals surface area (Å²) in [6.45, 7) is 7.97. The van der Waals surface area contributed by atoms with Gasteiger partial charge in [-0.15, -0.1) is 0 Å². The van der Waals surface area contributed by atoms with Gasteiger partial charge in [0.2, 0.25) is 0 Å². The number of aryl methyl sites for hydroxylation is 1. The first-order valence-electron chi connectivity index (χ1n) is 8.73. The van der Waals surface area contributed by atoms with Crippen molar-refractivity contribution in [3.05, 3.63) is 63.9 Å². The minimum Gasteiger partial charge on any atom is -0.346 e. The van der Waals surface area contributed by atoms with E-state index in [-0.39, 0.29) is 5.82 Å². The molecule has 1 N–H and O–H groups in total. The summed E-state index contributed by atoms with van der Waals surface area (Å²) in [6.07, 6.45) is 0. The van der Waals surface area contributed by atoms with Gasteiger partial charge >= 0.3 is 0 Å². The smallest absolute Gasteiger partial charge is 0.173 e. The lowest BCUT2D eigenvalue weighted by Crippen LogP contribution is -2.49. The molecule has 0 aliphatic carbocycles. The molecule has 1 heterocycles. The fourth-order valence-electron chi connectivity index (χ4n) is 3.10. The van der Waals surface area contributed by atoms with Crippen molar-refractivity contribution in [2.75, 3.05) is 31.5 Å². The van der Waals surface area contributed by atoms with Crippen LogP contribution in [0.5, 0.6) is 0 Å². The van der Waals surface area contributed by atoms with Crippen molar-refractivity contribution < 1.29 is 4.39 Å². The van der Waals surface area contributed by atoms with Gasteiger partial charge in [-0.3, -0.25) is 4.90 Å². The number of rotatable bonds is 3. The number of nitrogens with zero attached hydrogens (tertiary/aromatic N) is 2. The highest BCUT2D eigenvalue weighted by Gasteiger charge is 2.21. The average Bonchev–Trinajstić information content (AvgIpc) is 2.63. The van der Waals surface area contributed by atoms with E-state index in [1.54, 1.807) is 12.1 Å². The number of anilines is 1. The van der Waals surface area contributed by atoms with Crippen molar-refractivity contribution in [3.8, 4) is 0 Å². The highest BCUT2D eigenvalue weighted by atomic mass is 35.5. The minimum absolute atomic E-state index is 0.243. The van der Waals surface area contributed by atoms with Gasteiger partial charge in [-0.2, -0.15) is 0 Å². The van der Waals surface area contributed by atoms with E-state index in [4.69, 9.17) is 23.8 Å². The van der Waals surface area contributed by atoms with Crippen LogP contribution in [0.15, 0.2) is 36.4 Å². The number of nitrogens with one attached hydrogen (secondary N) is 1. The molecule has 26 heavy (non-hydrogen) atoms. The molecule has 1 aliphatic heterocycles. The quantitative estimate of drug-likeness (QED) is 0.770. The molecule has 0 amide bonds. The lowest BCUT2D eigenvalue weighted by Gasteiger charge is -2.36. The van der Waals surface area contributed by atoms with E-state index in [0.29, 0.717) is 17.1 Å². The molecule has 6 heteroatoms. The third-order valence-corrected chi connectivity index (χ3v) is 5.66. The van der Waals surface area contributed by atoms with Gasteiger partial charge in [0.1, 0.15) is 5.82 Å². The maximum absolute atomic E-state index is 14.0. The average molecular weight is 392 g/mol. The minimum atomic E-state index is -0.243. The van der Waals surface area contributed by atoms with Gasteiger partial charge in [-0.25, -0.2) is 4.39 Å². The van der Waals surface area contributed by atoms with Gasteiger partial charge < -0.3 is 10.2 Å². The largest absolute Gasteiger partial charge is 0.346 e. The molecule has 0 aromatic heterocycles. The van der Waals surface area contributed by atoms with Crippen molar-refractivity contribution >= 4 is 34.6 Å². The van der Waals surface area contributed by atoms with Crippen LogP contribution in [0.4, 0.5) is 10.1 Å². The molecule has 1 saturated heterocycles. The molecule has 138 valence electrons. The van der Waals surface area contributed by atoms with Crippen LogP contribution < -0.4 is 5.32 Å². The number of hydrogen-bond acceptors (Lipinski definition) is 2. The Hall–Kier alpha value is -1.69. The molecular formula is C20H23ClFN3S. The fraction of sp³-hybridized carbons (Fsp3) is 0.350. The van der Waals surface area contributed by atoms with Crippen LogP contribution in [-0.4, -0.2) is 41.1 Å². The van der Waals surface area contributed by atoms with Crippen LogP contribution >= 0.6 is 23.8 Å². The van der Waals surface area contributed by atoms with Gasteiger partial charge in [0.05, 0.1) is 0 Å². The first-order chi connectivity index (χ1) is 12.5. The summed E-state index contributed by atoms with van der Waals surface area (Å²) < 4.78 is 14.0. The molecule has 2 aromatic rings. The molecule has 1 aliphatic rings. The van der Waals surface area contributed by atoms with Crippen LogP contribution in [0, 0.1) is 19.7 Å². The Bertz CT molecular complexity index is 783. The van der Waals surface area contributed by atoms with Gasteiger partial charge in [-0.1, -0.05) is 29.8 Å². The van der Waals surface area contributed by atoms with Gasteiger partial charge in [0.25, 0.3) is 0 Å². The normalized spacial score (nSPS) is 15.2. The second kappa shape index (κ2) is 8.33. The van der Waals surface area contributed by atoms with Crippen LogP contribution in [0.1, 0.15) is 16.7 Å². The highest BCUT2D eigenvalue weighted by Crippen LogP contribution is 2.22. The molecule has 0 spiro atoms. The second-order valence-electron chi connectivity index (χ2n) is 6.64. The maximum Gasteiger partial charge on any atom is 0.173 e. The highest BCUT2D eigenvalue weighted by molar-refractivity contribution is 7.80. The van der Waals surface area contributed by atoms with E-state index in [2.05, 4.69) is 35.0 Å². The van der Waals surface area contributed by atoms with Crippen LogP contribution in [0.2, 0.25) is 5.02 Å². The molecular weight excluding hydrogens is 369 g/mol. The molecule has 1 fully saturated rings. The van der Waals surface area contributed by atoms with E-state index < -0.39 is 0 Å². The van der Waals surface area contributed by atoms with E-state index in [1.807, 2.05) is 12.1 Å². The Morgan fingerprint density at radius 3 is 2.50 bits per heavy atom. The van der Waals surface area contributed by atoms with Crippen LogP contribution in [0.25, 0.3) is 0 Å². The monoisotopic (exact) mass is 391 g/mol. The molecule has 0 bridgehead atoms. The number of hydrogen-bond donors (Lipinski definition) is 1. The van der Waals surface area contributed by atoms with E-state index in [0.717, 1.165) is 37.0 Å². The SMILES string of the molecule is Cc1cccc(NC(=S)N2CCN(Cc3c(F)cccc3Cl)CC2)c1C. The van der Waals surface area contributed by atoms with Crippen molar-refractivity contribution in [3.63, 3.8) is 0 Å². The maximum atomic E-state index is 14.0. The first kappa shape index (κ1) is 19.1. The standard InChI is InChI=1S/C20H23ClFN3S/c1-14-5-3-8-19(15(14)2)23-20(26)25-11-9-24(10-12-25)13-16-17(21)6-4-7-18(16)22/h3-8H,9-13H2,1-2H3,(H,23,26). The van der Waals surface area contributed by atoms with Crippen LogP contribution in [0.3, 0.4) is 0 Å². The van der Waals surface area contributed by atoms with Gasteiger partial charge in [-0.05, 0) is 55.4 Å². The zero-order chi connectivity index (χ0) is 18.7. The first-order valence-corrected chi connectivity index (χ1v) is 9.51. The van der Waals surface area contributed by atoms with Crippen molar-refractivity contribution in [2.45, 2.75) is 20.4 Å². The lowest BCUT2D eigenvalue weighted by atomic mass is 10.1. The van der Waals surface area contributed by atoms with E-state index in [1.165, 1.54) is 17.2 Å². The lowest BCUT2D eigenvalue weighted by molar-refractivity contribution is 0.175. The summed E-state index contributed by atoms with van der Waals surface area (Å²) in [4.78, 5) is 4.37. The molecule has 0 unspecified atom stereocenters. The number of piperazine rings is 1. The topological polar surface area (TPSA) is 18.5 Å².